The van der Waals surface area contributed by atoms with Gasteiger partial charge in [0.25, 0.3) is 0 Å². The molecule has 15 atom stereocenters. The lowest BCUT2D eigenvalue weighted by atomic mass is 9.96. The number of hydrogen-bond acceptors (Lipinski definition) is 25. The lowest BCUT2D eigenvalue weighted by Gasteiger charge is -2.29. The summed E-state index contributed by atoms with van der Waals surface area (Å²) in [7, 11) is 0. The number of carboxylic acids is 5. The highest BCUT2D eigenvalue weighted by Gasteiger charge is 2.39. The van der Waals surface area contributed by atoms with Crippen LogP contribution in [0.1, 0.15) is 158 Å². The number of aliphatic hydroxyl groups excluding tert-OH is 1. The number of amides is 17. The molecule has 49 heteroatoms. The lowest BCUT2D eigenvalue weighted by Crippen LogP contribution is -2.62. The molecule has 0 aromatic carbocycles. The summed E-state index contributed by atoms with van der Waals surface area (Å²) in [5.41, 5.74) is 32.7. The SMILES string of the molecule is CC[C@H](C)[C@H](NC(=O)[C@H](CCC(N)=O)NC(=O)[C@H](CC(N)=O)NC(=O)[C@@H](NC(=O)[C@@H](NC(=O)CNC(=O)[C@H](CC(=O)O)NC(=O)[C@H](C)NC(=O)[C@H](CCCN=C(N)N)NC(=O)[C@H](CC(C)C)NC(=O)[C@H](CCC(=O)O)NC(=O)[C@@H](N)CCC(N)=O)[C@@H](C)O)C(C)C)C(=O)N[C@@H](CCC(=O)O)C(=O)NCC(=O)N[C@@H](CCC(=O)O)C(=O)O. The van der Waals surface area contributed by atoms with E-state index in [1.54, 1.807) is 20.8 Å². The van der Waals surface area contributed by atoms with E-state index in [2.05, 4.69) is 74.1 Å². The van der Waals surface area contributed by atoms with Crippen LogP contribution in [0.2, 0.25) is 0 Å². The largest absolute Gasteiger partial charge is 0.481 e. The number of carbonyl (C=O) groups excluding carboxylic acids is 17. The van der Waals surface area contributed by atoms with Crippen LogP contribution < -0.4 is 109 Å². The molecule has 0 radical (unpaired) electrons. The number of aliphatic carboxylic acids is 5. The molecule has 116 heavy (non-hydrogen) atoms. The summed E-state index contributed by atoms with van der Waals surface area (Å²) in [6.45, 7) is 8.95. The van der Waals surface area contributed by atoms with Crippen molar-refractivity contribution in [3.63, 3.8) is 0 Å². The summed E-state index contributed by atoms with van der Waals surface area (Å²) in [4.78, 5) is 289. The van der Waals surface area contributed by atoms with Crippen molar-refractivity contribution in [1.29, 1.82) is 0 Å². The van der Waals surface area contributed by atoms with Crippen molar-refractivity contribution in [2.75, 3.05) is 19.6 Å². The summed E-state index contributed by atoms with van der Waals surface area (Å²) in [5, 5.41) is 88.9. The smallest absolute Gasteiger partial charge is 0.326 e. The van der Waals surface area contributed by atoms with Crippen molar-refractivity contribution in [1.82, 2.24) is 74.4 Å². The molecule has 0 rings (SSSR count). The minimum Gasteiger partial charge on any atom is -0.481 e. The third-order valence-corrected chi connectivity index (χ3v) is 16.9. The first kappa shape index (κ1) is 104. The molecule has 0 aromatic rings. The second-order valence-corrected chi connectivity index (χ2v) is 27.7. The highest BCUT2D eigenvalue weighted by atomic mass is 16.4. The zero-order valence-electron chi connectivity index (χ0n) is 65.3. The molecule has 17 amide bonds. The number of guanidine groups is 1. The van der Waals surface area contributed by atoms with Gasteiger partial charge in [-0.25, -0.2) is 4.79 Å². The Hall–Kier alpha value is -12.5. The van der Waals surface area contributed by atoms with E-state index < -0.39 is 304 Å². The predicted octanol–water partition coefficient (Wildman–Crippen LogP) is -10.9. The first-order chi connectivity index (χ1) is 53.9. The quantitative estimate of drug-likeness (QED) is 0.0153. The van der Waals surface area contributed by atoms with Gasteiger partial charge in [0.05, 0.1) is 38.1 Å². The van der Waals surface area contributed by atoms with Gasteiger partial charge in [0.1, 0.15) is 72.5 Å². The molecule has 652 valence electrons. The zero-order valence-corrected chi connectivity index (χ0v) is 65.3. The third-order valence-electron chi connectivity index (χ3n) is 16.9. The van der Waals surface area contributed by atoms with Gasteiger partial charge in [0, 0.05) is 38.6 Å². The van der Waals surface area contributed by atoms with Gasteiger partial charge in [-0.3, -0.25) is 106 Å². The van der Waals surface area contributed by atoms with E-state index >= 15 is 0 Å². The van der Waals surface area contributed by atoms with Crippen LogP contribution in [0.4, 0.5) is 0 Å². The number of nitrogens with one attached hydrogen (secondary N) is 14. The summed E-state index contributed by atoms with van der Waals surface area (Å²) < 4.78 is 0. The van der Waals surface area contributed by atoms with Gasteiger partial charge in [-0.1, -0.05) is 48.0 Å². The van der Waals surface area contributed by atoms with Gasteiger partial charge in [-0.2, -0.15) is 0 Å². The summed E-state index contributed by atoms with van der Waals surface area (Å²) in [6, 6.07) is -22.4. The van der Waals surface area contributed by atoms with Crippen LogP contribution in [0.3, 0.4) is 0 Å². The van der Waals surface area contributed by atoms with Crippen LogP contribution in [0, 0.1) is 17.8 Å². The minimum absolute atomic E-state index is 0.0155. The fraction of sp³-hybridized carbons (Fsp3) is 0.657. The Kier molecular flexibility index (Phi) is 47.1. The lowest BCUT2D eigenvalue weighted by molar-refractivity contribution is -0.143. The molecule has 0 spiro atoms. The molecule has 0 saturated carbocycles. The Balaban J connectivity index is 6.70. The molecule has 0 aliphatic rings. The fourth-order valence-electron chi connectivity index (χ4n) is 10.3. The maximum atomic E-state index is 14.2. The highest BCUT2D eigenvalue weighted by molar-refractivity contribution is 6.01. The van der Waals surface area contributed by atoms with Crippen LogP contribution >= 0.6 is 0 Å². The minimum atomic E-state index is -2.02. The Morgan fingerprint density at radius 1 is 0.353 bits per heavy atom. The van der Waals surface area contributed by atoms with Crippen molar-refractivity contribution in [2.45, 2.75) is 243 Å². The second kappa shape index (κ2) is 52.8. The first-order valence-electron chi connectivity index (χ1n) is 36.5. The normalized spacial score (nSPS) is 14.8. The average Bonchev–Trinajstić information content (AvgIpc) is 0.841. The number of carbonyl (C=O) groups is 22. The van der Waals surface area contributed by atoms with Crippen molar-refractivity contribution < 1.29 is 136 Å². The van der Waals surface area contributed by atoms with Gasteiger partial charge in [-0.15, -0.1) is 0 Å². The number of nitrogens with zero attached hydrogens (tertiary/aromatic N) is 1. The Labute approximate surface area is 664 Å². The molecular formula is C67H111N21O28. The van der Waals surface area contributed by atoms with E-state index in [9.17, 15) is 131 Å². The van der Waals surface area contributed by atoms with Crippen LogP contribution in [0.25, 0.3) is 0 Å². The van der Waals surface area contributed by atoms with Crippen molar-refractivity contribution >= 4 is 136 Å². The van der Waals surface area contributed by atoms with E-state index in [1.165, 1.54) is 20.8 Å². The van der Waals surface area contributed by atoms with E-state index in [-0.39, 0.29) is 56.9 Å². The van der Waals surface area contributed by atoms with Crippen LogP contribution in [0.15, 0.2) is 4.99 Å². The first-order valence-corrected chi connectivity index (χ1v) is 36.5. The predicted molar refractivity (Wildman–Crippen MR) is 399 cm³/mol. The number of aliphatic imine (C=N–C) groups is 1. The molecule has 0 bridgehead atoms. The fourth-order valence-corrected chi connectivity index (χ4v) is 10.3. The van der Waals surface area contributed by atoms with Crippen LogP contribution in [-0.4, -0.2) is 271 Å². The van der Waals surface area contributed by atoms with Gasteiger partial charge in [0.2, 0.25) is 100 Å². The highest BCUT2D eigenvalue weighted by Crippen LogP contribution is 2.15. The van der Waals surface area contributed by atoms with Gasteiger partial charge < -0.3 is 139 Å². The number of primary amides is 3. The molecule has 32 N–H and O–H groups in total. The molecule has 49 nitrogen and oxygen atoms in total. The molecule has 0 heterocycles. The molecule has 0 fully saturated rings. The van der Waals surface area contributed by atoms with E-state index in [1.807, 2.05) is 5.32 Å². The Morgan fingerprint density at radius 3 is 1.20 bits per heavy atom. The second-order valence-electron chi connectivity index (χ2n) is 27.7. The van der Waals surface area contributed by atoms with Gasteiger partial charge in [-0.05, 0) is 83.0 Å². The van der Waals surface area contributed by atoms with Crippen molar-refractivity contribution in [2.24, 2.45) is 57.1 Å². The van der Waals surface area contributed by atoms with Crippen molar-refractivity contribution in [3.8, 4) is 0 Å². The van der Waals surface area contributed by atoms with E-state index in [0.29, 0.717) is 0 Å². The van der Waals surface area contributed by atoms with Crippen LogP contribution in [0.5, 0.6) is 0 Å². The molecule has 0 aromatic heterocycles. The Bertz CT molecular complexity index is 3560. The summed E-state index contributed by atoms with van der Waals surface area (Å²) in [5.74, 6) is -29.6. The standard InChI is InChI=1S/C67H111N21O28/c1-9-30(6)52(64(113)82-35(14-19-47(95)96)56(105)75-26-45(93)78-38(66(115)116)16-21-49(99)100)88-60(109)36(13-18-43(70)91)81-62(111)40(24-44(71)92)85-63(112)51(29(4)5)87-65(114)53(32(8)89)86-46(94)27-76-57(106)41(25-50(101)102)83-54(103)31(7)77-58(107)34(11-10-22-74-67(72)73)80-61(110)39(23-28(2)3)84-59(108)37(15-20-48(97)98)79-55(104)33(68)12-17-42(69)90/h28-41,51-53,89H,9-27,68H2,1-8H3,(H2,69,90)(H2,70,91)(H2,71,92)(H,75,105)(H,76,106)(H,77,107)(H,78,93)(H,79,104)(H,80,110)(H,81,111)(H,82,113)(H,83,103)(H,84,108)(H,85,112)(H,86,94)(H,87,114)(H,88,109)(H,95,96)(H,97,98)(H,99,100)(H,101,102)(H,115,116)(H4,72,73,74)/t30-,31-,32+,33-,34-,35-,36-,37-,38-,39-,40-,41-,51-,52-,53-/m0/s1. The van der Waals surface area contributed by atoms with E-state index in [4.69, 9.17) is 39.5 Å². The average molecular weight is 1660 g/mol. The number of aliphatic hydroxyl groups is 1. The molecule has 0 saturated heterocycles. The maximum Gasteiger partial charge on any atom is 0.326 e. The summed E-state index contributed by atoms with van der Waals surface area (Å²) in [6.07, 6.45) is -9.87. The number of carboxylic acid groups (broad SMARTS) is 5. The monoisotopic (exact) mass is 1660 g/mol. The molecule has 0 aliphatic heterocycles. The summed E-state index contributed by atoms with van der Waals surface area (Å²) >= 11 is 0. The van der Waals surface area contributed by atoms with Gasteiger partial charge >= 0.3 is 29.8 Å². The zero-order chi connectivity index (χ0) is 89.1. The van der Waals surface area contributed by atoms with E-state index in [0.717, 1.165) is 13.8 Å². The Morgan fingerprint density at radius 2 is 0.733 bits per heavy atom. The molecular weight excluding hydrogens is 1550 g/mol. The number of hydrogen-bond donors (Lipinski definition) is 26. The number of rotatable bonds is 58. The molecule has 0 aliphatic carbocycles. The topological polar surface area (TPSA) is 834 Å². The van der Waals surface area contributed by atoms with Gasteiger partial charge in [0.15, 0.2) is 5.96 Å². The van der Waals surface area contributed by atoms with Crippen molar-refractivity contribution in [3.05, 3.63) is 0 Å². The third kappa shape index (κ3) is 42.4. The molecule has 0 unspecified atom stereocenters. The van der Waals surface area contributed by atoms with Crippen LogP contribution in [-0.2, 0) is 105 Å². The number of nitrogens with two attached hydrogens (primary N) is 6. The maximum absolute atomic E-state index is 14.2.